The Bertz CT molecular complexity index is 352. The van der Waals surface area contributed by atoms with Crippen molar-refractivity contribution in [2.24, 2.45) is 10.7 Å². The average molecular weight is 382 g/mol. The molecule has 0 bridgehead atoms. The molecule has 1 aromatic heterocycles. The maximum atomic E-state index is 5.73. The molecule has 3 N–H and O–H groups in total. The maximum Gasteiger partial charge on any atom is 0.188 e. The standard InChI is InChI=1S/C12H22N4S.HI/c1-3-5-7-14-12(13)15-8-6-10-9-17-11(4-2)16-10;/h9H,3-8H2,1-2H3,(H3,13,14,15);1H. The number of hydrogen-bond donors (Lipinski definition) is 2. The molecular formula is C12H23IN4S. The fraction of sp³-hybridized carbons (Fsp3) is 0.667. The second-order valence-electron chi connectivity index (χ2n) is 3.88. The Hall–Kier alpha value is -0.370. The summed E-state index contributed by atoms with van der Waals surface area (Å²) in [7, 11) is 0. The number of unbranched alkanes of at least 4 members (excludes halogenated alkanes) is 1. The van der Waals surface area contributed by atoms with Crippen LogP contribution < -0.4 is 11.1 Å². The number of guanidine groups is 1. The van der Waals surface area contributed by atoms with Gasteiger partial charge in [0, 0.05) is 24.9 Å². The summed E-state index contributed by atoms with van der Waals surface area (Å²) >= 11 is 1.72. The van der Waals surface area contributed by atoms with Crippen LogP contribution in [-0.2, 0) is 12.8 Å². The van der Waals surface area contributed by atoms with E-state index in [1.807, 2.05) is 0 Å². The van der Waals surface area contributed by atoms with Gasteiger partial charge in [-0.25, -0.2) is 4.98 Å². The number of thiazole rings is 1. The molecule has 0 radical (unpaired) electrons. The van der Waals surface area contributed by atoms with E-state index in [-0.39, 0.29) is 24.0 Å². The zero-order chi connectivity index (χ0) is 12.5. The Balaban J connectivity index is 0.00000289. The van der Waals surface area contributed by atoms with Crippen molar-refractivity contribution in [2.75, 3.05) is 13.1 Å². The van der Waals surface area contributed by atoms with Crippen molar-refractivity contribution < 1.29 is 0 Å². The minimum absolute atomic E-state index is 0. The zero-order valence-corrected chi connectivity index (χ0v) is 14.3. The van der Waals surface area contributed by atoms with Gasteiger partial charge in [-0.15, -0.1) is 35.3 Å². The third-order valence-electron chi connectivity index (χ3n) is 2.38. The number of nitrogens with two attached hydrogens (primary N) is 1. The lowest BCUT2D eigenvalue weighted by Gasteiger charge is -2.03. The van der Waals surface area contributed by atoms with Gasteiger partial charge in [0.2, 0.25) is 0 Å². The first-order valence-corrected chi connectivity index (χ1v) is 7.11. The van der Waals surface area contributed by atoms with E-state index in [1.165, 1.54) is 5.01 Å². The number of aliphatic imine (C=N–C) groups is 1. The van der Waals surface area contributed by atoms with E-state index in [0.717, 1.165) is 44.5 Å². The topological polar surface area (TPSA) is 63.3 Å². The highest BCUT2D eigenvalue weighted by Gasteiger charge is 2.00. The van der Waals surface area contributed by atoms with Crippen molar-refractivity contribution in [1.82, 2.24) is 10.3 Å². The second kappa shape index (κ2) is 10.5. The largest absolute Gasteiger partial charge is 0.370 e. The van der Waals surface area contributed by atoms with Crippen molar-refractivity contribution in [1.29, 1.82) is 0 Å². The molecule has 0 aliphatic carbocycles. The molecule has 0 amide bonds. The van der Waals surface area contributed by atoms with Crippen molar-refractivity contribution in [3.63, 3.8) is 0 Å². The van der Waals surface area contributed by atoms with Gasteiger partial charge in [0.1, 0.15) is 0 Å². The molecule has 0 spiro atoms. The molecule has 4 nitrogen and oxygen atoms in total. The van der Waals surface area contributed by atoms with Gasteiger partial charge in [-0.2, -0.15) is 0 Å². The molecule has 0 saturated carbocycles. The molecule has 0 atom stereocenters. The van der Waals surface area contributed by atoms with Crippen LogP contribution >= 0.6 is 35.3 Å². The van der Waals surface area contributed by atoms with Crippen LogP contribution in [0.5, 0.6) is 0 Å². The number of nitrogens with zero attached hydrogens (tertiary/aromatic N) is 2. The Kier molecular flexibility index (Phi) is 10.3. The SMILES string of the molecule is CCCCN=C(N)NCCc1csc(CC)n1.I. The quantitative estimate of drug-likeness (QED) is 0.330. The first-order chi connectivity index (χ1) is 8.26. The lowest BCUT2D eigenvalue weighted by molar-refractivity contribution is 0.787. The molecule has 6 heteroatoms. The van der Waals surface area contributed by atoms with Gasteiger partial charge in [0.15, 0.2) is 5.96 Å². The summed E-state index contributed by atoms with van der Waals surface area (Å²) < 4.78 is 0. The van der Waals surface area contributed by atoms with Gasteiger partial charge < -0.3 is 11.1 Å². The lowest BCUT2D eigenvalue weighted by Crippen LogP contribution is -2.33. The first kappa shape index (κ1) is 17.6. The van der Waals surface area contributed by atoms with Gasteiger partial charge in [0.25, 0.3) is 0 Å². The number of aryl methyl sites for hydroxylation is 1. The van der Waals surface area contributed by atoms with Crippen LogP contribution in [0.15, 0.2) is 10.4 Å². The minimum Gasteiger partial charge on any atom is -0.370 e. The molecule has 104 valence electrons. The van der Waals surface area contributed by atoms with E-state index in [0.29, 0.717) is 5.96 Å². The van der Waals surface area contributed by atoms with Crippen molar-refractivity contribution in [3.05, 3.63) is 16.1 Å². The Morgan fingerprint density at radius 2 is 2.28 bits per heavy atom. The van der Waals surface area contributed by atoms with E-state index in [4.69, 9.17) is 5.73 Å². The number of aromatic nitrogens is 1. The second-order valence-corrected chi connectivity index (χ2v) is 4.83. The lowest BCUT2D eigenvalue weighted by atomic mass is 10.3. The number of hydrogen-bond acceptors (Lipinski definition) is 3. The summed E-state index contributed by atoms with van der Waals surface area (Å²) in [6.07, 6.45) is 4.16. The number of rotatable bonds is 7. The molecular weight excluding hydrogens is 359 g/mol. The van der Waals surface area contributed by atoms with Gasteiger partial charge in [-0.05, 0) is 12.8 Å². The molecule has 18 heavy (non-hydrogen) atoms. The van der Waals surface area contributed by atoms with E-state index >= 15 is 0 Å². The minimum atomic E-state index is 0. The predicted molar refractivity (Wildman–Crippen MR) is 90.0 cm³/mol. The van der Waals surface area contributed by atoms with Crippen molar-refractivity contribution in [3.8, 4) is 0 Å². The van der Waals surface area contributed by atoms with Crippen LogP contribution in [0.25, 0.3) is 0 Å². The summed E-state index contributed by atoms with van der Waals surface area (Å²) in [5.41, 5.74) is 6.87. The summed E-state index contributed by atoms with van der Waals surface area (Å²) in [5, 5.41) is 6.42. The van der Waals surface area contributed by atoms with E-state index < -0.39 is 0 Å². The van der Waals surface area contributed by atoms with Crippen LogP contribution in [-0.4, -0.2) is 24.0 Å². The maximum absolute atomic E-state index is 5.73. The fourth-order valence-electron chi connectivity index (χ4n) is 1.36. The van der Waals surface area contributed by atoms with Gasteiger partial charge in [0.05, 0.1) is 10.7 Å². The Morgan fingerprint density at radius 1 is 1.50 bits per heavy atom. The first-order valence-electron chi connectivity index (χ1n) is 6.23. The van der Waals surface area contributed by atoms with Crippen molar-refractivity contribution in [2.45, 2.75) is 39.5 Å². The molecule has 0 saturated heterocycles. The van der Waals surface area contributed by atoms with E-state index in [2.05, 4.69) is 34.5 Å². The number of halogens is 1. The third kappa shape index (κ3) is 7.15. The number of nitrogens with one attached hydrogen (secondary N) is 1. The zero-order valence-electron chi connectivity index (χ0n) is 11.1. The summed E-state index contributed by atoms with van der Waals surface area (Å²) in [6, 6.07) is 0. The van der Waals surface area contributed by atoms with E-state index in [9.17, 15) is 0 Å². The average Bonchev–Trinajstić information content (AvgIpc) is 2.77. The predicted octanol–water partition coefficient (Wildman–Crippen LogP) is 2.57. The van der Waals surface area contributed by atoms with Crippen LogP contribution in [0.4, 0.5) is 0 Å². The van der Waals surface area contributed by atoms with Crippen LogP contribution in [0, 0.1) is 0 Å². The Labute approximate surface area is 131 Å². The molecule has 1 rings (SSSR count). The molecule has 1 heterocycles. The van der Waals surface area contributed by atoms with E-state index in [1.54, 1.807) is 11.3 Å². The van der Waals surface area contributed by atoms with Crippen LogP contribution in [0.2, 0.25) is 0 Å². The van der Waals surface area contributed by atoms with Gasteiger partial charge in [-0.1, -0.05) is 20.3 Å². The molecule has 0 aliphatic rings. The summed E-state index contributed by atoms with van der Waals surface area (Å²) in [5.74, 6) is 0.546. The molecule has 0 aromatic carbocycles. The van der Waals surface area contributed by atoms with Gasteiger partial charge >= 0.3 is 0 Å². The third-order valence-corrected chi connectivity index (χ3v) is 3.42. The van der Waals surface area contributed by atoms with Gasteiger partial charge in [-0.3, -0.25) is 4.99 Å². The highest BCUT2D eigenvalue weighted by atomic mass is 127. The smallest absolute Gasteiger partial charge is 0.188 e. The highest BCUT2D eigenvalue weighted by Crippen LogP contribution is 2.09. The molecule has 0 fully saturated rings. The molecule has 0 unspecified atom stereocenters. The van der Waals surface area contributed by atoms with Crippen LogP contribution in [0.1, 0.15) is 37.4 Å². The molecule has 0 aliphatic heterocycles. The Morgan fingerprint density at radius 3 is 2.89 bits per heavy atom. The molecule has 1 aromatic rings. The fourth-order valence-corrected chi connectivity index (χ4v) is 2.14. The van der Waals surface area contributed by atoms with Crippen molar-refractivity contribution >= 4 is 41.3 Å². The monoisotopic (exact) mass is 382 g/mol. The highest BCUT2D eigenvalue weighted by molar-refractivity contribution is 14.0. The normalized spacial score (nSPS) is 11.1. The summed E-state index contributed by atoms with van der Waals surface area (Å²) in [4.78, 5) is 8.73. The summed E-state index contributed by atoms with van der Waals surface area (Å²) in [6.45, 7) is 5.88. The van der Waals surface area contributed by atoms with Crippen LogP contribution in [0.3, 0.4) is 0 Å².